The van der Waals surface area contributed by atoms with E-state index >= 15 is 0 Å². The highest BCUT2D eigenvalue weighted by atomic mass is 15.1. The zero-order valence-corrected chi connectivity index (χ0v) is 11.2. The highest BCUT2D eigenvalue weighted by Crippen LogP contribution is 2.36. The maximum absolute atomic E-state index is 4.06. The van der Waals surface area contributed by atoms with E-state index < -0.39 is 0 Å². The van der Waals surface area contributed by atoms with E-state index in [0.717, 1.165) is 5.52 Å². The van der Waals surface area contributed by atoms with Gasteiger partial charge in [0.25, 0.3) is 0 Å². The van der Waals surface area contributed by atoms with E-state index in [4.69, 9.17) is 0 Å². The summed E-state index contributed by atoms with van der Waals surface area (Å²) in [6, 6.07) is 7.04. The lowest BCUT2D eigenvalue weighted by atomic mass is 9.75. The molecular formula is C15H21N3. The number of anilines is 1. The third-order valence-electron chi connectivity index (χ3n) is 4.15. The summed E-state index contributed by atoms with van der Waals surface area (Å²) in [6.45, 7) is 4.75. The minimum absolute atomic E-state index is 0.534. The Morgan fingerprint density at radius 3 is 2.83 bits per heavy atom. The molecule has 0 amide bonds. The first-order valence-corrected chi connectivity index (χ1v) is 6.82. The van der Waals surface area contributed by atoms with Crippen LogP contribution in [0.25, 0.3) is 10.9 Å². The molecule has 3 rings (SSSR count). The van der Waals surface area contributed by atoms with Crippen molar-refractivity contribution in [1.29, 1.82) is 0 Å². The number of H-pyrrole nitrogens is 1. The molecule has 0 unspecified atom stereocenters. The molecule has 2 N–H and O–H groups in total. The molecule has 0 bridgehead atoms. The summed E-state index contributed by atoms with van der Waals surface area (Å²) in [7, 11) is 0. The summed E-state index contributed by atoms with van der Waals surface area (Å²) in [5.41, 5.74) is 2.85. The third kappa shape index (κ3) is 2.35. The molecule has 0 radical (unpaired) electrons. The van der Waals surface area contributed by atoms with Crippen LogP contribution in [-0.4, -0.2) is 16.2 Å². The standard InChI is InChI=1S/C15H21N3/c1-15(2)7-5-12(6-8-15)17-13-3-4-14-11(9-13)10-16-18-14/h3-4,9-10,12,17H,5-8H2,1-2H3,(H,16,18). The minimum Gasteiger partial charge on any atom is -0.382 e. The van der Waals surface area contributed by atoms with Gasteiger partial charge in [0.1, 0.15) is 0 Å². The highest BCUT2D eigenvalue weighted by Gasteiger charge is 2.26. The van der Waals surface area contributed by atoms with Crippen molar-refractivity contribution in [3.8, 4) is 0 Å². The summed E-state index contributed by atoms with van der Waals surface area (Å²) in [5.74, 6) is 0. The van der Waals surface area contributed by atoms with Gasteiger partial charge in [0.05, 0.1) is 11.7 Å². The monoisotopic (exact) mass is 243 g/mol. The molecule has 1 aromatic carbocycles. The Bertz CT molecular complexity index is 531. The van der Waals surface area contributed by atoms with Crippen molar-refractivity contribution in [3.05, 3.63) is 24.4 Å². The van der Waals surface area contributed by atoms with Gasteiger partial charge in [-0.3, -0.25) is 5.10 Å². The second-order valence-corrected chi connectivity index (χ2v) is 6.25. The molecule has 0 aliphatic heterocycles. The van der Waals surface area contributed by atoms with Gasteiger partial charge in [-0.15, -0.1) is 0 Å². The van der Waals surface area contributed by atoms with Crippen LogP contribution in [0, 0.1) is 5.41 Å². The molecule has 3 nitrogen and oxygen atoms in total. The molecule has 96 valence electrons. The van der Waals surface area contributed by atoms with Crippen LogP contribution in [0.2, 0.25) is 0 Å². The zero-order valence-electron chi connectivity index (χ0n) is 11.2. The normalized spacial score (nSPS) is 20.1. The number of aromatic nitrogens is 2. The van der Waals surface area contributed by atoms with Gasteiger partial charge < -0.3 is 5.32 Å². The molecule has 1 aromatic heterocycles. The van der Waals surface area contributed by atoms with Gasteiger partial charge in [-0.2, -0.15) is 5.10 Å². The van der Waals surface area contributed by atoms with Crippen molar-refractivity contribution in [2.75, 3.05) is 5.32 Å². The molecule has 0 atom stereocenters. The van der Waals surface area contributed by atoms with Crippen LogP contribution in [0.4, 0.5) is 5.69 Å². The van der Waals surface area contributed by atoms with E-state index in [-0.39, 0.29) is 0 Å². The highest BCUT2D eigenvalue weighted by molar-refractivity contribution is 5.81. The summed E-state index contributed by atoms with van der Waals surface area (Å²) in [5, 5.41) is 11.9. The van der Waals surface area contributed by atoms with Crippen LogP contribution < -0.4 is 5.32 Å². The summed E-state index contributed by atoms with van der Waals surface area (Å²) in [4.78, 5) is 0. The smallest absolute Gasteiger partial charge is 0.0651 e. The Balaban J connectivity index is 1.69. The van der Waals surface area contributed by atoms with Crippen LogP contribution in [-0.2, 0) is 0 Å². The largest absolute Gasteiger partial charge is 0.382 e. The number of rotatable bonds is 2. The fourth-order valence-corrected chi connectivity index (χ4v) is 2.81. The predicted octanol–water partition coefficient (Wildman–Crippen LogP) is 3.94. The molecule has 1 saturated carbocycles. The van der Waals surface area contributed by atoms with E-state index in [2.05, 4.69) is 47.6 Å². The fraction of sp³-hybridized carbons (Fsp3) is 0.533. The van der Waals surface area contributed by atoms with Crippen molar-refractivity contribution in [1.82, 2.24) is 10.2 Å². The minimum atomic E-state index is 0.534. The number of hydrogen-bond donors (Lipinski definition) is 2. The summed E-state index contributed by atoms with van der Waals surface area (Å²) >= 11 is 0. The molecule has 0 spiro atoms. The first-order chi connectivity index (χ1) is 8.62. The Morgan fingerprint density at radius 2 is 2.06 bits per heavy atom. The number of hydrogen-bond acceptors (Lipinski definition) is 2. The van der Waals surface area contributed by atoms with Crippen molar-refractivity contribution >= 4 is 16.6 Å². The maximum atomic E-state index is 4.06. The van der Waals surface area contributed by atoms with E-state index in [0.29, 0.717) is 11.5 Å². The average Bonchev–Trinajstić information content (AvgIpc) is 2.79. The third-order valence-corrected chi connectivity index (χ3v) is 4.15. The van der Waals surface area contributed by atoms with Crippen LogP contribution in [0.3, 0.4) is 0 Å². The van der Waals surface area contributed by atoms with Gasteiger partial charge in [-0.05, 0) is 49.3 Å². The summed E-state index contributed by atoms with van der Waals surface area (Å²) < 4.78 is 0. The predicted molar refractivity (Wildman–Crippen MR) is 75.8 cm³/mol. The van der Waals surface area contributed by atoms with Crippen LogP contribution in [0.15, 0.2) is 24.4 Å². The average molecular weight is 243 g/mol. The molecule has 1 fully saturated rings. The Morgan fingerprint density at radius 1 is 1.28 bits per heavy atom. The SMILES string of the molecule is CC1(C)CCC(Nc2ccc3[nH]ncc3c2)CC1. The molecule has 0 saturated heterocycles. The Hall–Kier alpha value is -1.51. The lowest BCUT2D eigenvalue weighted by molar-refractivity contribution is 0.232. The molecule has 1 aliphatic carbocycles. The van der Waals surface area contributed by atoms with Crippen molar-refractivity contribution < 1.29 is 0 Å². The first-order valence-electron chi connectivity index (χ1n) is 6.82. The number of fused-ring (bicyclic) bond motifs is 1. The Labute approximate surface area is 108 Å². The zero-order chi connectivity index (χ0) is 12.6. The number of nitrogens with one attached hydrogen (secondary N) is 2. The number of nitrogens with zero attached hydrogens (tertiary/aromatic N) is 1. The quantitative estimate of drug-likeness (QED) is 0.838. The van der Waals surface area contributed by atoms with Gasteiger partial charge >= 0.3 is 0 Å². The molecule has 18 heavy (non-hydrogen) atoms. The van der Waals surface area contributed by atoms with Gasteiger partial charge in [0.2, 0.25) is 0 Å². The number of benzene rings is 1. The molecule has 1 heterocycles. The van der Waals surface area contributed by atoms with Crippen molar-refractivity contribution in [3.63, 3.8) is 0 Å². The van der Waals surface area contributed by atoms with Gasteiger partial charge in [0.15, 0.2) is 0 Å². The van der Waals surface area contributed by atoms with Crippen molar-refractivity contribution in [2.45, 2.75) is 45.6 Å². The molecular weight excluding hydrogens is 222 g/mol. The lowest BCUT2D eigenvalue weighted by Gasteiger charge is -2.35. The van der Waals surface area contributed by atoms with Crippen molar-refractivity contribution in [2.24, 2.45) is 5.41 Å². The van der Waals surface area contributed by atoms with Gasteiger partial charge in [-0.25, -0.2) is 0 Å². The van der Waals surface area contributed by atoms with E-state index in [9.17, 15) is 0 Å². The fourth-order valence-electron chi connectivity index (χ4n) is 2.81. The molecule has 3 heteroatoms. The van der Waals surface area contributed by atoms with E-state index in [1.165, 1.54) is 36.8 Å². The van der Waals surface area contributed by atoms with Crippen LogP contribution in [0.1, 0.15) is 39.5 Å². The number of aromatic amines is 1. The molecule has 2 aromatic rings. The van der Waals surface area contributed by atoms with Crippen LogP contribution >= 0.6 is 0 Å². The van der Waals surface area contributed by atoms with E-state index in [1.54, 1.807) is 0 Å². The van der Waals surface area contributed by atoms with Gasteiger partial charge in [0, 0.05) is 17.1 Å². The van der Waals surface area contributed by atoms with E-state index in [1.807, 2.05) is 6.20 Å². The lowest BCUT2D eigenvalue weighted by Crippen LogP contribution is -2.29. The first kappa shape index (κ1) is 11.6. The van der Waals surface area contributed by atoms with Crippen LogP contribution in [0.5, 0.6) is 0 Å². The summed E-state index contributed by atoms with van der Waals surface area (Å²) in [6.07, 6.45) is 7.06. The van der Waals surface area contributed by atoms with Gasteiger partial charge in [-0.1, -0.05) is 13.8 Å². The second kappa shape index (κ2) is 4.30. The Kier molecular flexibility index (Phi) is 2.77. The molecule has 1 aliphatic rings. The second-order valence-electron chi connectivity index (χ2n) is 6.25. The topological polar surface area (TPSA) is 40.7 Å². The maximum Gasteiger partial charge on any atom is 0.0651 e.